The van der Waals surface area contributed by atoms with Crippen LogP contribution in [0.4, 0.5) is 0 Å². The van der Waals surface area contributed by atoms with Crippen LogP contribution in [0.1, 0.15) is 13.3 Å². The summed E-state index contributed by atoms with van der Waals surface area (Å²) in [6, 6.07) is 12.0. The molecule has 0 aliphatic rings. The smallest absolute Gasteiger partial charge is 0.195 e. The maximum atomic E-state index is 9.16. The van der Waals surface area contributed by atoms with Gasteiger partial charge in [0, 0.05) is 27.2 Å². The van der Waals surface area contributed by atoms with Crippen LogP contribution in [0, 0.1) is 0 Å². The summed E-state index contributed by atoms with van der Waals surface area (Å²) in [5.41, 5.74) is 0. The number of rotatable bonds is 1. The van der Waals surface area contributed by atoms with Crippen LogP contribution in [0.5, 0.6) is 0 Å². The molecule has 0 saturated heterocycles. The molecule has 0 amide bonds. The molecule has 1 aromatic rings. The molecule has 0 unspecified atom stereocenters. The van der Waals surface area contributed by atoms with Gasteiger partial charge >= 0.3 is 8.26 Å². The van der Waals surface area contributed by atoms with Crippen molar-refractivity contribution in [1.29, 1.82) is 0 Å². The first-order valence-corrected chi connectivity index (χ1v) is 7.79. The normalized spacial score (nSPS) is 9.07. The molecular weight excluding hydrogens is 279 g/mol. The Kier molecular flexibility index (Phi) is 14.1. The predicted molar refractivity (Wildman–Crippen MR) is 68.1 cm³/mol. The van der Waals surface area contributed by atoms with Crippen molar-refractivity contribution in [3.8, 4) is 0 Å². The molecule has 0 radical (unpaired) electrons. The SMILES string of the molecule is CCCCl.O=S(=O)(Cl)Cl.c1ccccc1. The number of hydrogen-bond donors (Lipinski definition) is 0. The topological polar surface area (TPSA) is 34.1 Å². The molecule has 0 spiro atoms. The maximum absolute atomic E-state index is 9.16. The highest BCUT2D eigenvalue weighted by molar-refractivity contribution is 8.31. The van der Waals surface area contributed by atoms with Gasteiger partial charge in [-0.05, 0) is 6.42 Å². The van der Waals surface area contributed by atoms with Gasteiger partial charge in [-0.3, -0.25) is 0 Å². The summed E-state index contributed by atoms with van der Waals surface area (Å²) in [6.45, 7) is 2.05. The fraction of sp³-hybridized carbons (Fsp3) is 0.333. The summed E-state index contributed by atoms with van der Waals surface area (Å²) in [7, 11) is 4.81. The highest BCUT2D eigenvalue weighted by Crippen LogP contribution is 1.98. The zero-order valence-electron chi connectivity index (χ0n) is 8.24. The molecule has 0 fully saturated rings. The first-order valence-electron chi connectivity index (χ1n) is 4.12. The molecule has 2 nitrogen and oxygen atoms in total. The predicted octanol–water partition coefficient (Wildman–Crippen LogP) is 4.03. The van der Waals surface area contributed by atoms with Crippen molar-refractivity contribution in [1.82, 2.24) is 0 Å². The van der Waals surface area contributed by atoms with Crippen molar-refractivity contribution in [2.75, 3.05) is 5.88 Å². The van der Waals surface area contributed by atoms with Crippen molar-refractivity contribution in [2.24, 2.45) is 0 Å². The second-order valence-electron chi connectivity index (χ2n) is 2.22. The third-order valence-corrected chi connectivity index (χ3v) is 1.23. The van der Waals surface area contributed by atoms with Crippen LogP contribution in [-0.4, -0.2) is 14.3 Å². The Labute approximate surface area is 105 Å². The highest BCUT2D eigenvalue weighted by Gasteiger charge is 1.88. The summed E-state index contributed by atoms with van der Waals surface area (Å²) < 4.78 is 18.3. The van der Waals surface area contributed by atoms with Crippen molar-refractivity contribution >= 4 is 41.2 Å². The third kappa shape index (κ3) is 41.1. The number of alkyl halides is 1. The highest BCUT2D eigenvalue weighted by atomic mass is 36.0. The van der Waals surface area contributed by atoms with Gasteiger partial charge in [0.25, 0.3) is 0 Å². The summed E-state index contributed by atoms with van der Waals surface area (Å²) in [4.78, 5) is 0. The van der Waals surface area contributed by atoms with Gasteiger partial charge in [-0.2, -0.15) is 8.42 Å². The molecule has 88 valence electrons. The van der Waals surface area contributed by atoms with E-state index < -0.39 is 8.26 Å². The standard InChI is InChI=1S/C6H6.C3H7Cl.Cl2O2S/c1-2-4-6-5-3-1;1-2-3-4;1-5(2,3)4/h1-6H;2-3H2,1H3;. The van der Waals surface area contributed by atoms with Crippen LogP contribution in [-0.2, 0) is 8.26 Å². The van der Waals surface area contributed by atoms with Gasteiger partial charge in [-0.15, -0.1) is 11.6 Å². The minimum Gasteiger partial charge on any atom is -0.195 e. The van der Waals surface area contributed by atoms with Gasteiger partial charge in [0.1, 0.15) is 0 Å². The van der Waals surface area contributed by atoms with Gasteiger partial charge in [0.05, 0.1) is 0 Å². The molecular formula is C9H13Cl3O2S. The van der Waals surface area contributed by atoms with E-state index >= 15 is 0 Å². The van der Waals surface area contributed by atoms with Crippen LogP contribution in [0.25, 0.3) is 0 Å². The molecule has 1 aromatic carbocycles. The minimum atomic E-state index is -3.72. The van der Waals surface area contributed by atoms with E-state index in [1.54, 1.807) is 0 Å². The second kappa shape index (κ2) is 12.1. The largest absolute Gasteiger partial charge is 0.317 e. The van der Waals surface area contributed by atoms with Gasteiger partial charge < -0.3 is 0 Å². The molecule has 0 atom stereocenters. The summed E-state index contributed by atoms with van der Waals surface area (Å²) in [5, 5.41) is 0. The molecule has 0 bridgehead atoms. The first kappa shape index (κ1) is 17.4. The van der Waals surface area contributed by atoms with E-state index in [9.17, 15) is 0 Å². The number of halogens is 3. The third-order valence-electron chi connectivity index (χ3n) is 0.856. The lowest BCUT2D eigenvalue weighted by molar-refractivity contribution is 0.621. The average Bonchev–Trinajstić information content (AvgIpc) is 2.18. The van der Waals surface area contributed by atoms with E-state index in [1.165, 1.54) is 0 Å². The van der Waals surface area contributed by atoms with E-state index in [1.807, 2.05) is 43.3 Å². The van der Waals surface area contributed by atoms with Crippen molar-refractivity contribution in [3.05, 3.63) is 36.4 Å². The summed E-state index contributed by atoms with van der Waals surface area (Å²) >= 11 is 5.19. The second-order valence-corrected chi connectivity index (χ2v) is 6.27. The Hall–Kier alpha value is 0.0400. The van der Waals surface area contributed by atoms with Crippen LogP contribution >= 0.6 is 33.0 Å². The Morgan fingerprint density at radius 1 is 0.933 bits per heavy atom. The number of benzene rings is 1. The number of hydrogen-bond acceptors (Lipinski definition) is 2. The van der Waals surface area contributed by atoms with Crippen LogP contribution in [0.15, 0.2) is 36.4 Å². The summed E-state index contributed by atoms with van der Waals surface area (Å²) in [6.07, 6.45) is 1.08. The van der Waals surface area contributed by atoms with E-state index in [2.05, 4.69) is 21.4 Å². The van der Waals surface area contributed by atoms with Crippen molar-refractivity contribution < 1.29 is 8.42 Å². The molecule has 0 saturated carbocycles. The molecule has 6 heteroatoms. The van der Waals surface area contributed by atoms with E-state index in [4.69, 9.17) is 20.0 Å². The average molecular weight is 292 g/mol. The maximum Gasteiger partial charge on any atom is 0.317 e. The molecule has 0 aliphatic carbocycles. The first-order chi connectivity index (χ1) is 6.91. The molecule has 0 aromatic heterocycles. The van der Waals surface area contributed by atoms with Crippen LogP contribution in [0.3, 0.4) is 0 Å². The molecule has 0 aliphatic heterocycles. The van der Waals surface area contributed by atoms with Gasteiger partial charge in [-0.25, -0.2) is 0 Å². The Morgan fingerprint density at radius 3 is 1.13 bits per heavy atom. The van der Waals surface area contributed by atoms with Gasteiger partial charge in [0.2, 0.25) is 0 Å². The Balaban J connectivity index is 0. The van der Waals surface area contributed by atoms with Gasteiger partial charge in [-0.1, -0.05) is 43.3 Å². The Morgan fingerprint density at radius 2 is 1.07 bits per heavy atom. The van der Waals surface area contributed by atoms with Crippen LogP contribution < -0.4 is 0 Å². The van der Waals surface area contributed by atoms with E-state index in [0.29, 0.717) is 0 Å². The lowest BCUT2D eigenvalue weighted by atomic mass is 10.4. The van der Waals surface area contributed by atoms with Crippen LogP contribution in [0.2, 0.25) is 0 Å². The molecule has 0 heterocycles. The molecule has 1 rings (SSSR count). The fourth-order valence-corrected chi connectivity index (χ4v) is 0.385. The molecule has 0 N–H and O–H groups in total. The molecule has 15 heavy (non-hydrogen) atoms. The van der Waals surface area contributed by atoms with E-state index in [0.717, 1.165) is 12.3 Å². The lowest BCUT2D eigenvalue weighted by Gasteiger charge is -1.69. The zero-order chi connectivity index (χ0) is 12.2. The minimum absolute atomic E-state index is 0.792. The Bertz CT molecular complexity index is 264. The quantitative estimate of drug-likeness (QED) is 0.578. The van der Waals surface area contributed by atoms with Gasteiger partial charge in [0.15, 0.2) is 0 Å². The van der Waals surface area contributed by atoms with E-state index in [-0.39, 0.29) is 0 Å². The van der Waals surface area contributed by atoms with Crippen molar-refractivity contribution in [3.63, 3.8) is 0 Å². The zero-order valence-corrected chi connectivity index (χ0v) is 11.3. The monoisotopic (exact) mass is 290 g/mol. The van der Waals surface area contributed by atoms with Crippen molar-refractivity contribution in [2.45, 2.75) is 13.3 Å². The lowest BCUT2D eigenvalue weighted by Crippen LogP contribution is -1.63. The summed E-state index contributed by atoms with van der Waals surface area (Å²) in [5.74, 6) is 0.792. The fourth-order valence-electron chi connectivity index (χ4n) is 0.385.